The maximum atomic E-state index is 12.3. The Bertz CT molecular complexity index is 2120. The van der Waals surface area contributed by atoms with Crippen molar-refractivity contribution in [3.63, 3.8) is 0 Å². The van der Waals surface area contributed by atoms with Crippen molar-refractivity contribution >= 4 is 50.3 Å². The van der Waals surface area contributed by atoms with Crippen LogP contribution in [-0.4, -0.2) is 33.0 Å². The molecule has 2 N–H and O–H groups in total. The number of ether oxygens (including phenoxy) is 1. The SMILES string of the molecule is CCC1=C(C)c2cc3nc(c(-c4ccc(C(=O)OC)cc4)c4[nH]c(cc5[nH]c(cc1n2)c(CC)c5C)c(C)c4CC)C(CC)=C3C. The Morgan fingerprint density at radius 2 is 1.28 bits per heavy atom. The third kappa shape index (κ3) is 5.00. The lowest BCUT2D eigenvalue weighted by atomic mass is 9.94. The second-order valence-corrected chi connectivity index (χ2v) is 12.3. The number of H-pyrrole nitrogens is 2. The van der Waals surface area contributed by atoms with E-state index in [1.807, 2.05) is 24.3 Å². The molecule has 46 heavy (non-hydrogen) atoms. The summed E-state index contributed by atoms with van der Waals surface area (Å²) < 4.78 is 5.00. The van der Waals surface area contributed by atoms with Crippen molar-refractivity contribution in [2.75, 3.05) is 7.11 Å². The molecule has 4 aromatic rings. The van der Waals surface area contributed by atoms with Crippen LogP contribution in [0, 0.1) is 13.8 Å². The predicted octanol–water partition coefficient (Wildman–Crippen LogP) is 10.2. The molecule has 0 aliphatic carbocycles. The third-order valence-electron chi connectivity index (χ3n) is 9.95. The number of allylic oxidation sites excluding steroid dienone is 4. The maximum Gasteiger partial charge on any atom is 0.337 e. The van der Waals surface area contributed by atoms with E-state index in [0.29, 0.717) is 5.56 Å². The fourth-order valence-corrected chi connectivity index (χ4v) is 7.27. The lowest BCUT2D eigenvalue weighted by molar-refractivity contribution is 0.0600. The van der Waals surface area contributed by atoms with E-state index in [2.05, 4.69) is 83.6 Å². The molecule has 0 spiro atoms. The number of aromatic amines is 2. The monoisotopic (exact) mass is 612 g/mol. The molecule has 6 heteroatoms. The van der Waals surface area contributed by atoms with Gasteiger partial charge in [-0.2, -0.15) is 0 Å². The van der Waals surface area contributed by atoms with Gasteiger partial charge in [0.1, 0.15) is 0 Å². The molecule has 8 bridgehead atoms. The lowest BCUT2D eigenvalue weighted by Crippen LogP contribution is -2.00. The Labute approximate surface area is 271 Å². The molecule has 236 valence electrons. The number of carbonyl (C=O) groups is 1. The Kier molecular flexibility index (Phi) is 8.32. The van der Waals surface area contributed by atoms with Gasteiger partial charge in [-0.3, -0.25) is 0 Å². The minimum Gasteiger partial charge on any atom is -0.465 e. The van der Waals surface area contributed by atoms with Crippen molar-refractivity contribution in [2.24, 2.45) is 0 Å². The molecule has 0 radical (unpaired) electrons. The number of nitrogens with one attached hydrogen (secondary N) is 2. The van der Waals surface area contributed by atoms with Gasteiger partial charge in [0.05, 0.1) is 41.0 Å². The summed E-state index contributed by atoms with van der Waals surface area (Å²) in [5.74, 6) is -0.349. The maximum absolute atomic E-state index is 12.3. The minimum atomic E-state index is -0.349. The van der Waals surface area contributed by atoms with Crippen molar-refractivity contribution in [3.05, 3.63) is 93.1 Å². The van der Waals surface area contributed by atoms with Gasteiger partial charge < -0.3 is 14.7 Å². The number of hydrogen-bond acceptors (Lipinski definition) is 4. The van der Waals surface area contributed by atoms with E-state index in [-0.39, 0.29) is 5.97 Å². The number of hydrogen-bond donors (Lipinski definition) is 2. The minimum absolute atomic E-state index is 0.349. The standard InChI is InChI=1S/C40H44N4O2/c1-10-27-21(5)31-18-33-23(7)29(12-3)38(43-33)37(25-14-16-26(17-15-25)40(45)46-9)39-30(13-4)24(8)34(44-39)19-32-22(6)28(11-2)36(42-32)20-35(27)41-31/h14-20,41,43H,10-13H2,1-9H3. The van der Waals surface area contributed by atoms with Crippen LogP contribution in [0.25, 0.3) is 55.5 Å². The van der Waals surface area contributed by atoms with E-state index in [4.69, 9.17) is 14.7 Å². The van der Waals surface area contributed by atoms with Gasteiger partial charge >= 0.3 is 5.97 Å². The van der Waals surface area contributed by atoms with E-state index in [9.17, 15) is 4.79 Å². The predicted molar refractivity (Wildman–Crippen MR) is 192 cm³/mol. The highest BCUT2D eigenvalue weighted by molar-refractivity contribution is 6.02. The van der Waals surface area contributed by atoms with Crippen molar-refractivity contribution in [2.45, 2.75) is 81.1 Å². The first-order valence-corrected chi connectivity index (χ1v) is 16.5. The summed E-state index contributed by atoms with van der Waals surface area (Å²) in [6.45, 7) is 17.6. The highest BCUT2D eigenvalue weighted by Crippen LogP contribution is 2.42. The molecule has 0 saturated heterocycles. The highest BCUT2D eigenvalue weighted by atomic mass is 16.5. The third-order valence-corrected chi connectivity index (χ3v) is 9.95. The van der Waals surface area contributed by atoms with Crippen molar-refractivity contribution in [1.29, 1.82) is 0 Å². The summed E-state index contributed by atoms with van der Waals surface area (Å²) in [4.78, 5) is 30.6. The summed E-state index contributed by atoms with van der Waals surface area (Å²) in [6, 6.07) is 14.4. The number of esters is 1. The Morgan fingerprint density at radius 1 is 0.674 bits per heavy atom. The summed E-state index contributed by atoms with van der Waals surface area (Å²) in [5, 5.41) is 0. The first kappa shape index (κ1) is 31.3. The van der Waals surface area contributed by atoms with E-state index >= 15 is 0 Å². The van der Waals surface area contributed by atoms with Crippen molar-refractivity contribution in [3.8, 4) is 11.1 Å². The Morgan fingerprint density at radius 3 is 1.91 bits per heavy atom. The number of rotatable bonds is 6. The molecule has 6 rings (SSSR count). The molecule has 0 atom stereocenters. The van der Waals surface area contributed by atoms with E-state index in [1.165, 1.54) is 51.7 Å². The van der Waals surface area contributed by atoms with Gasteiger partial charge in [-0.15, -0.1) is 0 Å². The molecule has 0 fully saturated rings. The van der Waals surface area contributed by atoms with Crippen LogP contribution in [0.2, 0.25) is 0 Å². The van der Waals surface area contributed by atoms with Gasteiger partial charge in [-0.25, -0.2) is 14.8 Å². The quantitative estimate of drug-likeness (QED) is 0.212. The number of aromatic nitrogens is 4. The van der Waals surface area contributed by atoms with Gasteiger partial charge in [0.15, 0.2) is 0 Å². The Hall–Kier alpha value is -4.71. The van der Waals surface area contributed by atoms with Crippen LogP contribution >= 0.6 is 0 Å². The zero-order valence-corrected chi connectivity index (χ0v) is 28.6. The number of nitrogens with zero attached hydrogens (tertiary/aromatic N) is 2. The molecule has 3 aromatic heterocycles. The van der Waals surface area contributed by atoms with Crippen LogP contribution in [0.3, 0.4) is 0 Å². The smallest absolute Gasteiger partial charge is 0.337 e. The van der Waals surface area contributed by atoms with Gasteiger partial charge in [0.25, 0.3) is 0 Å². The molecule has 6 nitrogen and oxygen atoms in total. The first-order chi connectivity index (χ1) is 22.1. The van der Waals surface area contributed by atoms with Gasteiger partial charge in [0, 0.05) is 22.1 Å². The highest BCUT2D eigenvalue weighted by Gasteiger charge is 2.24. The summed E-state index contributed by atoms with van der Waals surface area (Å²) in [7, 11) is 1.41. The summed E-state index contributed by atoms with van der Waals surface area (Å²) >= 11 is 0. The molecular formula is C40H44N4O2. The largest absolute Gasteiger partial charge is 0.465 e. The number of benzene rings is 1. The summed E-state index contributed by atoms with van der Waals surface area (Å²) in [5.41, 5.74) is 20.7. The molecule has 0 amide bonds. The van der Waals surface area contributed by atoms with Crippen LogP contribution in [0.15, 0.2) is 42.5 Å². The van der Waals surface area contributed by atoms with Crippen LogP contribution in [0.1, 0.15) is 110 Å². The molecule has 1 aromatic carbocycles. The van der Waals surface area contributed by atoms with Crippen LogP contribution in [-0.2, 0) is 17.6 Å². The zero-order chi connectivity index (χ0) is 32.9. The average Bonchev–Trinajstić information content (AvgIpc) is 3.73. The van der Waals surface area contributed by atoms with Gasteiger partial charge in [-0.1, -0.05) is 39.8 Å². The second kappa shape index (κ2) is 12.2. The number of methoxy groups -OCH3 is 1. The topological polar surface area (TPSA) is 83.7 Å². The number of fused-ring (bicyclic) bond motifs is 8. The molecule has 0 unspecified atom stereocenters. The molecule has 5 heterocycles. The van der Waals surface area contributed by atoms with Crippen LogP contribution in [0.4, 0.5) is 0 Å². The zero-order valence-electron chi connectivity index (χ0n) is 28.6. The summed E-state index contributed by atoms with van der Waals surface area (Å²) in [6.07, 6.45) is 3.52. The van der Waals surface area contributed by atoms with E-state index in [1.54, 1.807) is 0 Å². The fourth-order valence-electron chi connectivity index (χ4n) is 7.27. The average molecular weight is 613 g/mol. The number of aryl methyl sites for hydroxylation is 4. The van der Waals surface area contributed by atoms with E-state index < -0.39 is 0 Å². The van der Waals surface area contributed by atoms with Crippen molar-refractivity contribution in [1.82, 2.24) is 19.9 Å². The second-order valence-electron chi connectivity index (χ2n) is 12.3. The van der Waals surface area contributed by atoms with E-state index in [0.717, 1.165) is 81.7 Å². The normalized spacial score (nSPS) is 13.2. The molecule has 2 aliphatic rings. The lowest BCUT2D eigenvalue weighted by Gasteiger charge is -2.10. The number of carbonyl (C=O) groups excluding carboxylic acids is 1. The van der Waals surface area contributed by atoms with Crippen LogP contribution in [0.5, 0.6) is 0 Å². The van der Waals surface area contributed by atoms with Crippen LogP contribution < -0.4 is 0 Å². The van der Waals surface area contributed by atoms with Gasteiger partial charge in [0.2, 0.25) is 0 Å². The molecule has 0 saturated carbocycles. The van der Waals surface area contributed by atoms with Crippen molar-refractivity contribution < 1.29 is 9.53 Å². The first-order valence-electron chi connectivity index (χ1n) is 16.5. The van der Waals surface area contributed by atoms with Gasteiger partial charge in [-0.05, 0) is 134 Å². The fraction of sp³-hybridized carbons (Fsp3) is 0.325. The molecular weight excluding hydrogens is 568 g/mol. The Balaban J connectivity index is 1.85. The molecule has 2 aliphatic heterocycles.